The van der Waals surface area contributed by atoms with Crippen LogP contribution in [0.25, 0.3) is 0 Å². The van der Waals surface area contributed by atoms with E-state index in [4.69, 9.17) is 5.11 Å². The van der Waals surface area contributed by atoms with Crippen LogP contribution in [-0.2, 0) is 0 Å². The SMILES string of the molecule is CC1CCCC(CCNC(=O)N[C@H](C)CCO)C1. The summed E-state index contributed by atoms with van der Waals surface area (Å²) in [7, 11) is 0. The predicted octanol–water partition coefficient (Wildman–Crippen LogP) is 2.27. The molecule has 0 aromatic heterocycles. The third kappa shape index (κ3) is 6.24. The monoisotopic (exact) mass is 256 g/mol. The van der Waals surface area contributed by atoms with Crippen molar-refractivity contribution < 1.29 is 9.90 Å². The molecule has 1 aliphatic rings. The van der Waals surface area contributed by atoms with Gasteiger partial charge in [-0.15, -0.1) is 0 Å². The number of aliphatic hydroxyl groups excluding tert-OH is 1. The Bertz CT molecular complexity index is 246. The third-order valence-corrected chi connectivity index (χ3v) is 3.82. The number of hydrogen-bond acceptors (Lipinski definition) is 2. The molecule has 0 heterocycles. The van der Waals surface area contributed by atoms with E-state index in [-0.39, 0.29) is 18.7 Å². The average molecular weight is 256 g/mol. The quantitative estimate of drug-likeness (QED) is 0.682. The molecule has 1 aliphatic carbocycles. The lowest BCUT2D eigenvalue weighted by Gasteiger charge is -2.26. The molecule has 1 rings (SSSR count). The maximum atomic E-state index is 11.5. The minimum Gasteiger partial charge on any atom is -0.396 e. The van der Waals surface area contributed by atoms with Crippen molar-refractivity contribution in [3.8, 4) is 0 Å². The van der Waals surface area contributed by atoms with E-state index in [0.717, 1.165) is 24.8 Å². The molecule has 0 aliphatic heterocycles. The molecule has 4 nitrogen and oxygen atoms in total. The molecule has 1 saturated carbocycles. The summed E-state index contributed by atoms with van der Waals surface area (Å²) >= 11 is 0. The molecule has 3 N–H and O–H groups in total. The lowest BCUT2D eigenvalue weighted by Crippen LogP contribution is -2.41. The van der Waals surface area contributed by atoms with E-state index >= 15 is 0 Å². The number of hydrogen-bond donors (Lipinski definition) is 3. The fourth-order valence-electron chi connectivity index (χ4n) is 2.75. The highest BCUT2D eigenvalue weighted by Crippen LogP contribution is 2.30. The highest BCUT2D eigenvalue weighted by molar-refractivity contribution is 5.74. The Morgan fingerprint density at radius 1 is 1.44 bits per heavy atom. The van der Waals surface area contributed by atoms with Gasteiger partial charge in [0.15, 0.2) is 0 Å². The van der Waals surface area contributed by atoms with Gasteiger partial charge in [0.05, 0.1) is 0 Å². The molecular formula is C14H28N2O2. The summed E-state index contributed by atoms with van der Waals surface area (Å²) in [6.07, 6.45) is 7.02. The minimum atomic E-state index is -0.111. The van der Waals surface area contributed by atoms with E-state index in [1.807, 2.05) is 6.92 Å². The average Bonchev–Trinajstić information content (AvgIpc) is 2.29. The van der Waals surface area contributed by atoms with Gasteiger partial charge in [-0.2, -0.15) is 0 Å². The van der Waals surface area contributed by atoms with Crippen molar-refractivity contribution in [2.45, 2.75) is 58.4 Å². The van der Waals surface area contributed by atoms with Gasteiger partial charge < -0.3 is 15.7 Å². The molecule has 3 atom stereocenters. The Morgan fingerprint density at radius 2 is 2.22 bits per heavy atom. The van der Waals surface area contributed by atoms with Crippen molar-refractivity contribution in [1.82, 2.24) is 10.6 Å². The normalized spacial score (nSPS) is 25.5. The van der Waals surface area contributed by atoms with Gasteiger partial charge in [0, 0.05) is 19.2 Å². The molecule has 2 unspecified atom stereocenters. The lowest BCUT2D eigenvalue weighted by molar-refractivity contribution is 0.227. The van der Waals surface area contributed by atoms with Crippen LogP contribution in [0.15, 0.2) is 0 Å². The van der Waals surface area contributed by atoms with Gasteiger partial charge in [0.2, 0.25) is 0 Å². The molecular weight excluding hydrogens is 228 g/mol. The van der Waals surface area contributed by atoms with Crippen molar-refractivity contribution in [2.75, 3.05) is 13.2 Å². The summed E-state index contributed by atoms with van der Waals surface area (Å²) in [6.45, 7) is 5.10. The molecule has 1 fully saturated rings. The van der Waals surface area contributed by atoms with Crippen LogP contribution in [0.4, 0.5) is 4.79 Å². The summed E-state index contributed by atoms with van der Waals surface area (Å²) in [5.41, 5.74) is 0. The molecule has 0 radical (unpaired) electrons. The molecule has 0 bridgehead atoms. The number of rotatable bonds is 6. The van der Waals surface area contributed by atoms with Gasteiger partial charge in [-0.3, -0.25) is 0 Å². The van der Waals surface area contributed by atoms with E-state index in [2.05, 4.69) is 17.6 Å². The van der Waals surface area contributed by atoms with Crippen LogP contribution in [0.2, 0.25) is 0 Å². The van der Waals surface area contributed by atoms with Crippen LogP contribution in [0.3, 0.4) is 0 Å². The predicted molar refractivity (Wildman–Crippen MR) is 73.4 cm³/mol. The summed E-state index contributed by atoms with van der Waals surface area (Å²) < 4.78 is 0. The largest absolute Gasteiger partial charge is 0.396 e. The first-order chi connectivity index (χ1) is 8.61. The first kappa shape index (κ1) is 15.3. The van der Waals surface area contributed by atoms with Crippen molar-refractivity contribution in [1.29, 1.82) is 0 Å². The second kappa shape index (κ2) is 8.35. The Kier molecular flexibility index (Phi) is 7.09. The topological polar surface area (TPSA) is 61.4 Å². The number of nitrogens with one attached hydrogen (secondary N) is 2. The second-order valence-electron chi connectivity index (χ2n) is 5.74. The van der Waals surface area contributed by atoms with Crippen LogP contribution in [-0.4, -0.2) is 30.3 Å². The van der Waals surface area contributed by atoms with Crippen LogP contribution in [0.5, 0.6) is 0 Å². The highest BCUT2D eigenvalue weighted by Gasteiger charge is 2.18. The molecule has 0 aromatic carbocycles. The molecule has 0 spiro atoms. The zero-order valence-corrected chi connectivity index (χ0v) is 11.7. The minimum absolute atomic E-state index is 0.0321. The Labute approximate surface area is 111 Å². The second-order valence-corrected chi connectivity index (χ2v) is 5.74. The van der Waals surface area contributed by atoms with E-state index in [1.54, 1.807) is 0 Å². The molecule has 0 aromatic rings. The van der Waals surface area contributed by atoms with E-state index in [1.165, 1.54) is 25.7 Å². The number of amides is 2. The van der Waals surface area contributed by atoms with Crippen LogP contribution in [0.1, 0.15) is 52.4 Å². The van der Waals surface area contributed by atoms with Crippen LogP contribution in [0, 0.1) is 11.8 Å². The molecule has 0 saturated heterocycles. The van der Waals surface area contributed by atoms with Gasteiger partial charge in [-0.1, -0.05) is 26.2 Å². The lowest BCUT2D eigenvalue weighted by atomic mass is 9.81. The molecule has 2 amide bonds. The number of aliphatic hydroxyl groups is 1. The molecule has 18 heavy (non-hydrogen) atoms. The number of carbonyl (C=O) groups is 1. The van der Waals surface area contributed by atoms with Gasteiger partial charge in [0.1, 0.15) is 0 Å². The fourth-order valence-corrected chi connectivity index (χ4v) is 2.75. The van der Waals surface area contributed by atoms with Gasteiger partial charge in [-0.05, 0) is 38.0 Å². The Hall–Kier alpha value is -0.770. The van der Waals surface area contributed by atoms with E-state index < -0.39 is 0 Å². The zero-order chi connectivity index (χ0) is 13.4. The number of urea groups is 1. The summed E-state index contributed by atoms with van der Waals surface area (Å²) in [5.74, 6) is 1.63. The zero-order valence-electron chi connectivity index (χ0n) is 11.7. The summed E-state index contributed by atoms with van der Waals surface area (Å²) in [5, 5.41) is 14.5. The first-order valence-electron chi connectivity index (χ1n) is 7.27. The number of carbonyl (C=O) groups excluding carboxylic acids is 1. The first-order valence-corrected chi connectivity index (χ1v) is 7.27. The van der Waals surface area contributed by atoms with Crippen molar-refractivity contribution >= 4 is 6.03 Å². The van der Waals surface area contributed by atoms with Crippen molar-refractivity contribution in [3.63, 3.8) is 0 Å². The maximum absolute atomic E-state index is 11.5. The van der Waals surface area contributed by atoms with Crippen molar-refractivity contribution in [2.24, 2.45) is 11.8 Å². The Balaban J connectivity index is 2.07. The standard InChI is InChI=1S/C14H28N2O2/c1-11-4-3-5-13(10-11)6-8-15-14(18)16-12(2)7-9-17/h11-13,17H,3-10H2,1-2H3,(H2,15,16,18)/t11?,12-,13?/m1/s1. The van der Waals surface area contributed by atoms with E-state index in [0.29, 0.717) is 6.42 Å². The van der Waals surface area contributed by atoms with Crippen LogP contribution < -0.4 is 10.6 Å². The summed E-state index contributed by atoms with van der Waals surface area (Å²) in [4.78, 5) is 11.5. The van der Waals surface area contributed by atoms with Crippen molar-refractivity contribution in [3.05, 3.63) is 0 Å². The molecule has 4 heteroatoms. The van der Waals surface area contributed by atoms with E-state index in [9.17, 15) is 4.79 Å². The Morgan fingerprint density at radius 3 is 2.89 bits per heavy atom. The smallest absolute Gasteiger partial charge is 0.314 e. The maximum Gasteiger partial charge on any atom is 0.314 e. The van der Waals surface area contributed by atoms with Gasteiger partial charge in [0.25, 0.3) is 0 Å². The van der Waals surface area contributed by atoms with Gasteiger partial charge in [-0.25, -0.2) is 4.79 Å². The summed E-state index contributed by atoms with van der Waals surface area (Å²) in [6, 6.07) is -0.0792. The highest BCUT2D eigenvalue weighted by atomic mass is 16.3. The third-order valence-electron chi connectivity index (χ3n) is 3.82. The van der Waals surface area contributed by atoms with Crippen LogP contribution >= 0.6 is 0 Å². The van der Waals surface area contributed by atoms with Gasteiger partial charge >= 0.3 is 6.03 Å². The molecule has 106 valence electrons. The fraction of sp³-hybridized carbons (Fsp3) is 0.929.